The topological polar surface area (TPSA) is 134 Å². The van der Waals surface area contributed by atoms with Crippen LogP contribution in [0.5, 0.6) is 5.75 Å². The van der Waals surface area contributed by atoms with Crippen LogP contribution in [0.2, 0.25) is 5.02 Å². The molecule has 2 aromatic carbocycles. The molecule has 3 rings (SSSR count). The largest absolute Gasteiger partial charge is 0.479 e. The van der Waals surface area contributed by atoms with Gasteiger partial charge in [0, 0.05) is 10.6 Å². The van der Waals surface area contributed by atoms with Crippen molar-refractivity contribution in [2.24, 2.45) is 5.10 Å². The van der Waals surface area contributed by atoms with E-state index in [0.29, 0.717) is 0 Å². The van der Waals surface area contributed by atoms with E-state index < -0.39 is 33.8 Å². The lowest BCUT2D eigenvalue weighted by Crippen LogP contribution is -2.24. The summed E-state index contributed by atoms with van der Waals surface area (Å²) in [7, 11) is -3.95. The third-order valence-corrected chi connectivity index (χ3v) is 7.24. The number of carboxylic acid groups (broad SMARTS) is 1. The normalized spacial score (nSPS) is 12.3. The predicted octanol–water partition coefficient (Wildman–Crippen LogP) is 3.96. The summed E-state index contributed by atoms with van der Waals surface area (Å²) in [4.78, 5) is 23.7. The number of carboxylic acids is 1. The molecule has 0 spiro atoms. The Balaban J connectivity index is 1.81. The Morgan fingerprint density at radius 1 is 1.24 bits per heavy atom. The predicted molar refractivity (Wildman–Crippen MR) is 126 cm³/mol. The molecule has 0 radical (unpaired) electrons. The van der Waals surface area contributed by atoms with Gasteiger partial charge in [-0.2, -0.15) is 5.10 Å². The summed E-state index contributed by atoms with van der Waals surface area (Å²) in [6.07, 6.45) is -0.261. The van der Waals surface area contributed by atoms with Gasteiger partial charge >= 0.3 is 5.97 Å². The zero-order chi connectivity index (χ0) is 24.9. The molecule has 13 heteroatoms. The van der Waals surface area contributed by atoms with Crippen molar-refractivity contribution in [3.8, 4) is 5.75 Å². The van der Waals surface area contributed by atoms with E-state index in [1.54, 1.807) is 11.4 Å². The second kappa shape index (κ2) is 10.6. The number of anilines is 1. The first kappa shape index (κ1) is 25.1. The number of para-hydroxylation sites is 1. The van der Waals surface area contributed by atoms with Crippen molar-refractivity contribution in [1.29, 1.82) is 0 Å². The van der Waals surface area contributed by atoms with Gasteiger partial charge in [0.1, 0.15) is 4.21 Å². The van der Waals surface area contributed by atoms with Gasteiger partial charge in [-0.3, -0.25) is 9.52 Å². The maximum absolute atomic E-state index is 14.1. The molecule has 0 aliphatic carbocycles. The SMILES string of the molecule is CC(Oc1c(F)cccc1C=NNC(=O)c1ccc(Cl)cc1NS(=O)(=O)c1cccs1)C(=O)O. The van der Waals surface area contributed by atoms with E-state index in [2.05, 4.69) is 15.2 Å². The lowest BCUT2D eigenvalue weighted by molar-refractivity contribution is -0.144. The van der Waals surface area contributed by atoms with E-state index in [0.717, 1.165) is 23.6 Å². The summed E-state index contributed by atoms with van der Waals surface area (Å²) in [5.41, 5.74) is 2.14. The van der Waals surface area contributed by atoms with Crippen molar-refractivity contribution in [3.63, 3.8) is 0 Å². The average molecular weight is 526 g/mol. The molecule has 34 heavy (non-hydrogen) atoms. The van der Waals surface area contributed by atoms with Crippen molar-refractivity contribution in [1.82, 2.24) is 5.43 Å². The van der Waals surface area contributed by atoms with Crippen LogP contribution < -0.4 is 14.9 Å². The van der Waals surface area contributed by atoms with Crippen LogP contribution >= 0.6 is 22.9 Å². The van der Waals surface area contributed by atoms with Gasteiger partial charge in [-0.05, 0) is 48.7 Å². The number of hydrogen-bond donors (Lipinski definition) is 3. The number of thiophene rings is 1. The van der Waals surface area contributed by atoms with Crippen LogP contribution in [0.25, 0.3) is 0 Å². The number of rotatable bonds is 9. The molecule has 0 aliphatic heterocycles. The number of nitrogens with one attached hydrogen (secondary N) is 2. The second-order valence-corrected chi connectivity index (χ2v) is 9.98. The first-order chi connectivity index (χ1) is 16.1. The number of sulfonamides is 1. The fourth-order valence-electron chi connectivity index (χ4n) is 2.61. The van der Waals surface area contributed by atoms with Gasteiger partial charge in [-0.15, -0.1) is 11.3 Å². The molecule has 0 bridgehead atoms. The summed E-state index contributed by atoms with van der Waals surface area (Å²) >= 11 is 6.97. The molecule has 1 atom stereocenters. The third kappa shape index (κ3) is 6.10. The van der Waals surface area contributed by atoms with Crippen molar-refractivity contribution < 1.29 is 32.2 Å². The van der Waals surface area contributed by atoms with Gasteiger partial charge in [0.05, 0.1) is 17.5 Å². The summed E-state index contributed by atoms with van der Waals surface area (Å²) in [6.45, 7) is 1.23. The van der Waals surface area contributed by atoms with E-state index >= 15 is 0 Å². The number of ether oxygens (including phenoxy) is 1. The molecule has 178 valence electrons. The lowest BCUT2D eigenvalue weighted by Gasteiger charge is -2.13. The minimum Gasteiger partial charge on any atom is -0.479 e. The fourth-order valence-corrected chi connectivity index (χ4v) is 4.85. The average Bonchev–Trinajstić information content (AvgIpc) is 3.31. The zero-order valence-electron chi connectivity index (χ0n) is 17.4. The highest BCUT2D eigenvalue weighted by Gasteiger charge is 2.20. The molecule has 1 heterocycles. The van der Waals surface area contributed by atoms with Crippen LogP contribution in [0.1, 0.15) is 22.8 Å². The third-order valence-electron chi connectivity index (χ3n) is 4.24. The smallest absolute Gasteiger partial charge is 0.344 e. The van der Waals surface area contributed by atoms with E-state index in [4.69, 9.17) is 21.4 Å². The summed E-state index contributed by atoms with van der Waals surface area (Å²) < 4.78 is 46.8. The minimum atomic E-state index is -3.95. The minimum absolute atomic E-state index is 0.0473. The van der Waals surface area contributed by atoms with Gasteiger partial charge in [0.15, 0.2) is 17.7 Å². The Hall–Kier alpha value is -3.48. The summed E-state index contributed by atoms with van der Waals surface area (Å²) in [6, 6.07) is 10.8. The van der Waals surface area contributed by atoms with Crippen LogP contribution in [0, 0.1) is 5.82 Å². The highest BCUT2D eigenvalue weighted by Crippen LogP contribution is 2.26. The van der Waals surface area contributed by atoms with Crippen LogP contribution in [0.3, 0.4) is 0 Å². The number of hydrogen-bond acceptors (Lipinski definition) is 7. The molecule has 1 amide bonds. The van der Waals surface area contributed by atoms with Crippen LogP contribution in [-0.4, -0.2) is 37.7 Å². The highest BCUT2D eigenvalue weighted by atomic mass is 35.5. The van der Waals surface area contributed by atoms with Crippen molar-refractivity contribution in [2.45, 2.75) is 17.2 Å². The molecule has 1 unspecified atom stereocenters. The molecule has 0 saturated carbocycles. The number of halogens is 2. The first-order valence-electron chi connectivity index (χ1n) is 9.45. The number of carbonyl (C=O) groups excluding carboxylic acids is 1. The standard InChI is InChI=1S/C21H17ClFN3O6S2/c1-12(21(28)29)32-19-13(4-2-5-16(19)23)11-24-25-20(27)15-8-7-14(22)10-17(15)26-34(30,31)18-6-3-9-33-18/h2-12,26H,1H3,(H,25,27)(H,28,29). The quantitative estimate of drug-likeness (QED) is 0.286. The Bertz CT molecular complexity index is 1350. The second-order valence-electron chi connectivity index (χ2n) is 6.68. The van der Waals surface area contributed by atoms with Gasteiger partial charge in [-0.1, -0.05) is 23.7 Å². The van der Waals surface area contributed by atoms with Crippen molar-refractivity contribution >= 4 is 56.7 Å². The zero-order valence-corrected chi connectivity index (χ0v) is 19.7. The number of carbonyl (C=O) groups is 2. The van der Waals surface area contributed by atoms with Crippen LogP contribution in [-0.2, 0) is 14.8 Å². The molecule has 1 aromatic heterocycles. The van der Waals surface area contributed by atoms with E-state index in [1.807, 2.05) is 0 Å². The van der Waals surface area contributed by atoms with E-state index in [9.17, 15) is 22.4 Å². The molecule has 0 aliphatic rings. The number of amides is 1. The number of aliphatic carboxylic acids is 1. The maximum atomic E-state index is 14.1. The monoisotopic (exact) mass is 525 g/mol. The first-order valence-corrected chi connectivity index (χ1v) is 12.2. The summed E-state index contributed by atoms with van der Waals surface area (Å²) in [5.74, 6) is -3.24. The van der Waals surface area contributed by atoms with Crippen LogP contribution in [0.15, 0.2) is 63.2 Å². The Morgan fingerprint density at radius 2 is 2.00 bits per heavy atom. The van der Waals surface area contributed by atoms with E-state index in [1.165, 1.54) is 43.3 Å². The van der Waals surface area contributed by atoms with Crippen molar-refractivity contribution in [2.75, 3.05) is 4.72 Å². The van der Waals surface area contributed by atoms with Crippen molar-refractivity contribution in [3.05, 3.63) is 75.9 Å². The summed E-state index contributed by atoms with van der Waals surface area (Å²) in [5, 5.41) is 14.5. The highest BCUT2D eigenvalue weighted by molar-refractivity contribution is 7.94. The molecule has 3 N–H and O–H groups in total. The van der Waals surface area contributed by atoms with Gasteiger partial charge in [0.25, 0.3) is 15.9 Å². The molecule has 3 aromatic rings. The molecular formula is C21H17ClFN3O6S2. The number of nitrogens with zero attached hydrogens (tertiary/aromatic N) is 1. The molecule has 0 fully saturated rings. The van der Waals surface area contributed by atoms with Gasteiger partial charge in [-0.25, -0.2) is 23.0 Å². The molecule has 9 nitrogen and oxygen atoms in total. The molecule has 0 saturated heterocycles. The molecular weight excluding hydrogens is 509 g/mol. The lowest BCUT2D eigenvalue weighted by atomic mass is 10.2. The Kier molecular flexibility index (Phi) is 7.87. The maximum Gasteiger partial charge on any atom is 0.344 e. The number of hydrazone groups is 1. The fraction of sp³-hybridized carbons (Fsp3) is 0.0952. The van der Waals surface area contributed by atoms with E-state index in [-0.39, 0.29) is 31.8 Å². The van der Waals surface area contributed by atoms with Crippen LogP contribution in [0.4, 0.5) is 10.1 Å². The van der Waals surface area contributed by atoms with Gasteiger partial charge in [0.2, 0.25) is 0 Å². The Morgan fingerprint density at radius 3 is 2.68 bits per heavy atom. The Labute approximate surface area is 202 Å². The number of benzene rings is 2. The van der Waals surface area contributed by atoms with Gasteiger partial charge < -0.3 is 9.84 Å².